The third-order valence-electron chi connectivity index (χ3n) is 5.41. The Morgan fingerprint density at radius 1 is 1.30 bits per heavy atom. The van der Waals surface area contributed by atoms with Gasteiger partial charge in [0.25, 0.3) is 5.91 Å². The minimum Gasteiger partial charge on any atom is -0.387 e. The number of benzene rings is 1. The topological polar surface area (TPSA) is 140 Å². The molecule has 1 saturated heterocycles. The lowest BCUT2D eigenvalue weighted by Gasteiger charge is -2.16. The highest BCUT2D eigenvalue weighted by Gasteiger charge is 2.46. The lowest BCUT2D eigenvalue weighted by molar-refractivity contribution is -0.134. The predicted molar refractivity (Wildman–Crippen MR) is 111 cm³/mol. The Labute approximate surface area is 173 Å². The van der Waals surface area contributed by atoms with Crippen molar-refractivity contribution in [2.75, 3.05) is 12.4 Å². The van der Waals surface area contributed by atoms with Crippen LogP contribution in [0, 0.1) is 13.8 Å². The zero-order chi connectivity index (χ0) is 21.4. The minimum absolute atomic E-state index is 0.390. The van der Waals surface area contributed by atoms with E-state index in [2.05, 4.69) is 57.6 Å². The zero-order valence-corrected chi connectivity index (χ0v) is 17.0. The molecule has 0 radical (unpaired) electrons. The third kappa shape index (κ3) is 3.49. The summed E-state index contributed by atoms with van der Waals surface area (Å²) in [7, 11) is 1.49. The van der Waals surface area contributed by atoms with Gasteiger partial charge < -0.3 is 26.2 Å². The van der Waals surface area contributed by atoms with Crippen LogP contribution in [0.4, 0.5) is 5.82 Å². The molecule has 1 amide bonds. The SMILES string of the molecule is CNC(=O)C1OC(n2cnc3c(NCc4cc(C)ccc4C)ncnc32)C(O)C1N. The van der Waals surface area contributed by atoms with Gasteiger partial charge in [0.15, 0.2) is 29.3 Å². The quantitative estimate of drug-likeness (QED) is 0.473. The number of hydrogen-bond acceptors (Lipinski definition) is 8. The number of hydrogen-bond donors (Lipinski definition) is 4. The summed E-state index contributed by atoms with van der Waals surface area (Å²) in [5, 5.41) is 16.4. The molecule has 1 aliphatic heterocycles. The number of nitrogens with two attached hydrogens (primary N) is 1. The molecule has 10 nitrogen and oxygen atoms in total. The van der Waals surface area contributed by atoms with Crippen LogP contribution in [-0.2, 0) is 16.1 Å². The van der Waals surface area contributed by atoms with Crippen LogP contribution in [-0.4, -0.2) is 55.8 Å². The van der Waals surface area contributed by atoms with Crippen molar-refractivity contribution in [1.82, 2.24) is 24.8 Å². The third-order valence-corrected chi connectivity index (χ3v) is 5.41. The highest BCUT2D eigenvalue weighted by Crippen LogP contribution is 2.31. The fraction of sp³-hybridized carbons (Fsp3) is 0.400. The lowest BCUT2D eigenvalue weighted by atomic mass is 10.1. The van der Waals surface area contributed by atoms with Gasteiger partial charge in [-0.2, -0.15) is 0 Å². The number of anilines is 1. The number of amides is 1. The maximum atomic E-state index is 12.0. The number of nitrogens with one attached hydrogen (secondary N) is 2. The summed E-state index contributed by atoms with van der Waals surface area (Å²) in [5.41, 5.74) is 10.5. The number of fused-ring (bicyclic) bond motifs is 1. The molecular weight excluding hydrogens is 386 g/mol. The van der Waals surface area contributed by atoms with E-state index >= 15 is 0 Å². The molecule has 2 aromatic heterocycles. The average molecular weight is 411 g/mol. The summed E-state index contributed by atoms with van der Waals surface area (Å²) in [4.78, 5) is 25.0. The van der Waals surface area contributed by atoms with Gasteiger partial charge in [0.2, 0.25) is 0 Å². The van der Waals surface area contributed by atoms with E-state index < -0.39 is 24.5 Å². The van der Waals surface area contributed by atoms with Crippen molar-refractivity contribution in [3.8, 4) is 0 Å². The fourth-order valence-electron chi connectivity index (χ4n) is 3.64. The van der Waals surface area contributed by atoms with Gasteiger partial charge in [0.1, 0.15) is 12.4 Å². The summed E-state index contributed by atoms with van der Waals surface area (Å²) in [6.45, 7) is 4.70. The highest BCUT2D eigenvalue weighted by atomic mass is 16.5. The van der Waals surface area contributed by atoms with Gasteiger partial charge in [-0.25, -0.2) is 15.0 Å². The molecular formula is C20H25N7O3. The van der Waals surface area contributed by atoms with Crippen LogP contribution in [0.15, 0.2) is 30.9 Å². The number of aryl methyl sites for hydroxylation is 2. The van der Waals surface area contributed by atoms with Crippen molar-refractivity contribution >= 4 is 22.9 Å². The predicted octanol–water partition coefficient (Wildman–Crippen LogP) is 0.387. The van der Waals surface area contributed by atoms with Gasteiger partial charge >= 0.3 is 0 Å². The molecule has 4 unspecified atom stereocenters. The van der Waals surface area contributed by atoms with E-state index in [1.54, 1.807) is 4.57 Å². The number of rotatable bonds is 5. The molecule has 1 fully saturated rings. The van der Waals surface area contributed by atoms with Gasteiger partial charge in [0.05, 0.1) is 12.4 Å². The highest BCUT2D eigenvalue weighted by molar-refractivity contribution is 5.83. The first-order chi connectivity index (χ1) is 14.4. The van der Waals surface area contributed by atoms with E-state index in [-0.39, 0.29) is 5.91 Å². The number of nitrogens with zero attached hydrogens (tertiary/aromatic N) is 4. The molecule has 4 atom stereocenters. The molecule has 0 aliphatic carbocycles. The summed E-state index contributed by atoms with van der Waals surface area (Å²) < 4.78 is 7.32. The van der Waals surface area contributed by atoms with Gasteiger partial charge in [-0.1, -0.05) is 23.8 Å². The van der Waals surface area contributed by atoms with Gasteiger partial charge in [-0.05, 0) is 25.0 Å². The Kier molecular flexibility index (Phi) is 5.37. The Morgan fingerprint density at radius 2 is 2.10 bits per heavy atom. The van der Waals surface area contributed by atoms with Gasteiger partial charge in [-0.15, -0.1) is 0 Å². The molecule has 30 heavy (non-hydrogen) atoms. The normalized spacial score (nSPS) is 23.6. The molecule has 0 spiro atoms. The van der Waals surface area contributed by atoms with Crippen LogP contribution >= 0.6 is 0 Å². The largest absolute Gasteiger partial charge is 0.387 e. The lowest BCUT2D eigenvalue weighted by Crippen LogP contribution is -2.46. The summed E-state index contributed by atoms with van der Waals surface area (Å²) in [6.07, 6.45) is -0.00473. The van der Waals surface area contributed by atoms with Gasteiger partial charge in [-0.3, -0.25) is 9.36 Å². The number of aromatic nitrogens is 4. The summed E-state index contributed by atoms with van der Waals surface area (Å²) in [6, 6.07) is 5.42. The second-order valence-electron chi connectivity index (χ2n) is 7.46. The van der Waals surface area contributed by atoms with Crippen molar-refractivity contribution in [3.05, 3.63) is 47.5 Å². The summed E-state index contributed by atoms with van der Waals surface area (Å²) >= 11 is 0. The molecule has 4 rings (SSSR count). The van der Waals surface area contributed by atoms with E-state index in [0.717, 1.165) is 5.56 Å². The summed E-state index contributed by atoms with van der Waals surface area (Å²) in [5.74, 6) is 0.179. The van der Waals surface area contributed by atoms with E-state index in [0.29, 0.717) is 23.5 Å². The van der Waals surface area contributed by atoms with E-state index in [9.17, 15) is 9.90 Å². The molecule has 3 aromatic rings. The number of aliphatic hydroxyl groups excluding tert-OH is 1. The van der Waals surface area contributed by atoms with Crippen LogP contribution in [0.25, 0.3) is 11.2 Å². The molecule has 3 heterocycles. The Balaban J connectivity index is 1.61. The standard InChI is InChI=1S/C20H25N7O3/c1-10-4-5-11(2)12(6-10)7-23-17-14-18(25-8-24-17)27(9-26-14)20-15(28)13(21)16(30-20)19(29)22-3/h4-6,8-9,13,15-16,20,28H,7,21H2,1-3H3,(H,22,29)(H,23,24,25). The fourth-order valence-corrected chi connectivity index (χ4v) is 3.64. The first-order valence-corrected chi connectivity index (χ1v) is 9.69. The maximum Gasteiger partial charge on any atom is 0.250 e. The van der Waals surface area contributed by atoms with Gasteiger partial charge in [0, 0.05) is 13.6 Å². The number of aliphatic hydroxyl groups is 1. The van der Waals surface area contributed by atoms with E-state index in [1.807, 2.05) is 0 Å². The minimum atomic E-state index is -1.09. The second-order valence-corrected chi connectivity index (χ2v) is 7.46. The van der Waals surface area contributed by atoms with Crippen molar-refractivity contribution in [3.63, 3.8) is 0 Å². The first-order valence-electron chi connectivity index (χ1n) is 9.69. The monoisotopic (exact) mass is 411 g/mol. The zero-order valence-electron chi connectivity index (χ0n) is 17.0. The number of imidazole rings is 1. The number of carbonyl (C=O) groups is 1. The van der Waals surface area contributed by atoms with Crippen LogP contribution in [0.3, 0.4) is 0 Å². The molecule has 0 saturated carbocycles. The Hall–Kier alpha value is -3.08. The van der Waals surface area contributed by atoms with Crippen molar-refractivity contribution in [2.45, 2.75) is 44.9 Å². The molecule has 1 aliphatic rings. The molecule has 5 N–H and O–H groups in total. The van der Waals surface area contributed by atoms with Crippen LogP contribution in [0.2, 0.25) is 0 Å². The second kappa shape index (κ2) is 7.98. The average Bonchev–Trinajstić information content (AvgIpc) is 3.30. The van der Waals surface area contributed by atoms with Crippen molar-refractivity contribution in [1.29, 1.82) is 0 Å². The molecule has 1 aromatic carbocycles. The number of likely N-dealkylation sites (N-methyl/N-ethyl adjacent to an activating group) is 1. The van der Waals surface area contributed by atoms with E-state index in [4.69, 9.17) is 10.5 Å². The van der Waals surface area contributed by atoms with Crippen LogP contribution in [0.1, 0.15) is 22.9 Å². The maximum absolute atomic E-state index is 12.0. The molecule has 0 bridgehead atoms. The number of carbonyl (C=O) groups excluding carboxylic acids is 1. The molecule has 10 heteroatoms. The Bertz CT molecular complexity index is 1080. The first kappa shape index (κ1) is 20.2. The number of ether oxygens (including phenoxy) is 1. The van der Waals surface area contributed by atoms with Crippen LogP contribution in [0.5, 0.6) is 0 Å². The van der Waals surface area contributed by atoms with Crippen molar-refractivity contribution < 1.29 is 14.6 Å². The smallest absolute Gasteiger partial charge is 0.250 e. The van der Waals surface area contributed by atoms with Crippen LogP contribution < -0.4 is 16.4 Å². The van der Waals surface area contributed by atoms with Crippen molar-refractivity contribution in [2.24, 2.45) is 5.73 Å². The molecule has 158 valence electrons. The van der Waals surface area contributed by atoms with E-state index in [1.165, 1.54) is 30.8 Å². The Morgan fingerprint density at radius 3 is 2.87 bits per heavy atom.